The molecule has 0 atom stereocenters. The molecule has 1 aromatic heterocycles. The maximum atomic E-state index is 11.4. The molecule has 92 valence electrons. The van der Waals surface area contributed by atoms with Crippen LogP contribution in [0.2, 0.25) is 0 Å². The Morgan fingerprint density at radius 2 is 2.29 bits per heavy atom. The van der Waals surface area contributed by atoms with E-state index in [0.29, 0.717) is 12.5 Å². The average Bonchev–Trinajstić information content (AvgIpc) is 2.75. The smallest absolute Gasteiger partial charge is 0.244 e. The van der Waals surface area contributed by atoms with E-state index in [1.54, 1.807) is 17.4 Å². The maximum Gasteiger partial charge on any atom is 0.244 e. The number of hydrogen-bond donors (Lipinski definition) is 1. The van der Waals surface area contributed by atoms with Gasteiger partial charge < -0.3 is 5.32 Å². The minimum Gasteiger partial charge on any atom is -0.346 e. The number of rotatable bonds is 5. The molecule has 1 rings (SSSR count). The summed E-state index contributed by atoms with van der Waals surface area (Å²) >= 11 is 1.58. The van der Waals surface area contributed by atoms with Gasteiger partial charge in [-0.15, -0.1) is 11.3 Å². The number of carbonyl (C=O) groups excluding carboxylic acids is 1. The molecule has 0 aliphatic rings. The van der Waals surface area contributed by atoms with Crippen molar-refractivity contribution in [2.75, 3.05) is 0 Å². The number of nitrogens with one attached hydrogen (secondary N) is 1. The van der Waals surface area contributed by atoms with Gasteiger partial charge in [-0.1, -0.05) is 32.1 Å². The molecule has 0 bridgehead atoms. The van der Waals surface area contributed by atoms with Crippen LogP contribution >= 0.6 is 11.3 Å². The molecule has 0 saturated carbocycles. The van der Waals surface area contributed by atoms with Crippen LogP contribution in [0.4, 0.5) is 0 Å². The predicted octanol–water partition coefficient (Wildman–Crippen LogP) is 3.02. The van der Waals surface area contributed by atoms with Crippen LogP contribution in [0.3, 0.4) is 0 Å². The van der Waals surface area contributed by atoms with Crippen molar-refractivity contribution in [2.24, 2.45) is 0 Å². The molecule has 0 aliphatic carbocycles. The summed E-state index contributed by atoms with van der Waals surface area (Å²) < 4.78 is 0. The van der Waals surface area contributed by atoms with Gasteiger partial charge >= 0.3 is 0 Å². The lowest BCUT2D eigenvalue weighted by Crippen LogP contribution is -2.20. The third-order valence-electron chi connectivity index (χ3n) is 2.13. The zero-order valence-corrected chi connectivity index (χ0v) is 11.3. The number of allylic oxidation sites excluding steroid dienone is 3. The van der Waals surface area contributed by atoms with Gasteiger partial charge in [0.25, 0.3) is 0 Å². The normalized spacial score (nSPS) is 11.8. The van der Waals surface area contributed by atoms with Gasteiger partial charge in [-0.05, 0) is 12.8 Å². The zero-order chi connectivity index (χ0) is 12.7. The molecular formula is C13H18N2OS. The van der Waals surface area contributed by atoms with E-state index in [2.05, 4.69) is 24.1 Å². The van der Waals surface area contributed by atoms with Gasteiger partial charge in [0.15, 0.2) is 0 Å². The number of aromatic nitrogens is 1. The number of carbonyl (C=O) groups is 1. The van der Waals surface area contributed by atoms with Gasteiger partial charge in [-0.25, -0.2) is 4.98 Å². The Labute approximate surface area is 106 Å². The number of thiazole rings is 1. The molecule has 1 aromatic rings. The van der Waals surface area contributed by atoms with E-state index in [0.717, 1.165) is 10.7 Å². The minimum absolute atomic E-state index is 0.0932. The Kier molecular flexibility index (Phi) is 5.63. The predicted molar refractivity (Wildman–Crippen MR) is 72.0 cm³/mol. The van der Waals surface area contributed by atoms with Gasteiger partial charge in [0.2, 0.25) is 5.91 Å². The summed E-state index contributed by atoms with van der Waals surface area (Å²) in [5.74, 6) is 0.342. The lowest BCUT2D eigenvalue weighted by Gasteiger charge is -1.99. The van der Waals surface area contributed by atoms with Crippen LogP contribution in [0.1, 0.15) is 37.4 Å². The molecule has 1 heterocycles. The van der Waals surface area contributed by atoms with Gasteiger partial charge in [-0.2, -0.15) is 0 Å². The van der Waals surface area contributed by atoms with Crippen molar-refractivity contribution in [3.05, 3.63) is 40.4 Å². The summed E-state index contributed by atoms with van der Waals surface area (Å²) in [4.78, 5) is 15.8. The Hall–Kier alpha value is -1.42. The Morgan fingerprint density at radius 1 is 1.53 bits per heavy atom. The number of amides is 1. The first-order valence-corrected chi connectivity index (χ1v) is 6.53. The number of hydrogen-bond acceptors (Lipinski definition) is 3. The summed E-state index contributed by atoms with van der Waals surface area (Å²) in [6.45, 7) is 6.62. The van der Waals surface area contributed by atoms with Crippen LogP contribution in [0.15, 0.2) is 29.7 Å². The van der Waals surface area contributed by atoms with E-state index in [1.165, 1.54) is 6.08 Å². The van der Waals surface area contributed by atoms with Crippen LogP contribution in [-0.4, -0.2) is 10.9 Å². The van der Waals surface area contributed by atoms with Crippen molar-refractivity contribution in [3.8, 4) is 0 Å². The molecule has 4 heteroatoms. The highest BCUT2D eigenvalue weighted by molar-refractivity contribution is 7.09. The highest BCUT2D eigenvalue weighted by Crippen LogP contribution is 2.17. The molecule has 1 amide bonds. The minimum atomic E-state index is -0.0932. The summed E-state index contributed by atoms with van der Waals surface area (Å²) in [7, 11) is 0. The van der Waals surface area contributed by atoms with E-state index in [1.807, 2.05) is 24.5 Å². The number of nitrogens with zero attached hydrogens (tertiary/aromatic N) is 1. The SMILES string of the molecule is C/C=C/C=C/C(=O)NCc1nc(C(C)C)cs1. The largest absolute Gasteiger partial charge is 0.346 e. The van der Waals surface area contributed by atoms with Crippen LogP contribution in [0.25, 0.3) is 0 Å². The summed E-state index contributed by atoms with van der Waals surface area (Å²) in [6.07, 6.45) is 6.92. The first kappa shape index (κ1) is 13.6. The fourth-order valence-corrected chi connectivity index (χ4v) is 2.04. The molecule has 0 fully saturated rings. The van der Waals surface area contributed by atoms with Crippen molar-refractivity contribution >= 4 is 17.2 Å². The molecule has 0 unspecified atom stereocenters. The van der Waals surface area contributed by atoms with E-state index < -0.39 is 0 Å². The standard InChI is InChI=1S/C13H18N2OS/c1-4-5-6-7-12(16)14-8-13-15-11(9-17-13)10(2)3/h4-7,9-10H,8H2,1-3H3,(H,14,16)/b5-4+,7-6+. The van der Waals surface area contributed by atoms with Crippen LogP contribution < -0.4 is 5.32 Å². The van der Waals surface area contributed by atoms with Crippen LogP contribution in [0, 0.1) is 0 Å². The van der Waals surface area contributed by atoms with E-state index in [-0.39, 0.29) is 5.91 Å². The van der Waals surface area contributed by atoms with Crippen molar-refractivity contribution < 1.29 is 4.79 Å². The van der Waals surface area contributed by atoms with Gasteiger partial charge in [-0.3, -0.25) is 4.79 Å². The quantitative estimate of drug-likeness (QED) is 0.644. The summed E-state index contributed by atoms with van der Waals surface area (Å²) in [5, 5.41) is 5.79. The molecular weight excluding hydrogens is 232 g/mol. The second kappa shape index (κ2) is 7.01. The molecule has 0 spiro atoms. The Balaban J connectivity index is 2.42. The first-order chi connectivity index (χ1) is 8.13. The Morgan fingerprint density at radius 3 is 2.88 bits per heavy atom. The van der Waals surface area contributed by atoms with Crippen molar-refractivity contribution in [1.29, 1.82) is 0 Å². The van der Waals surface area contributed by atoms with Gasteiger partial charge in [0.05, 0.1) is 12.2 Å². The second-order valence-corrected chi connectivity index (χ2v) is 4.87. The lowest BCUT2D eigenvalue weighted by molar-refractivity contribution is -0.116. The van der Waals surface area contributed by atoms with Crippen LogP contribution in [-0.2, 0) is 11.3 Å². The fourth-order valence-electron chi connectivity index (χ4n) is 1.15. The molecule has 0 saturated heterocycles. The molecule has 3 nitrogen and oxygen atoms in total. The average molecular weight is 250 g/mol. The third-order valence-corrected chi connectivity index (χ3v) is 2.99. The van der Waals surface area contributed by atoms with Gasteiger partial charge in [0.1, 0.15) is 5.01 Å². The molecule has 17 heavy (non-hydrogen) atoms. The van der Waals surface area contributed by atoms with Crippen molar-refractivity contribution in [3.63, 3.8) is 0 Å². The monoisotopic (exact) mass is 250 g/mol. The van der Waals surface area contributed by atoms with Crippen LogP contribution in [0.5, 0.6) is 0 Å². The van der Waals surface area contributed by atoms with E-state index in [4.69, 9.17) is 0 Å². The fraction of sp³-hybridized carbons (Fsp3) is 0.385. The maximum absolute atomic E-state index is 11.4. The van der Waals surface area contributed by atoms with Crippen molar-refractivity contribution in [1.82, 2.24) is 10.3 Å². The van der Waals surface area contributed by atoms with Gasteiger partial charge in [0, 0.05) is 11.5 Å². The van der Waals surface area contributed by atoms with E-state index >= 15 is 0 Å². The van der Waals surface area contributed by atoms with E-state index in [9.17, 15) is 4.79 Å². The highest BCUT2D eigenvalue weighted by atomic mass is 32.1. The topological polar surface area (TPSA) is 42.0 Å². The summed E-state index contributed by atoms with van der Waals surface area (Å²) in [5.41, 5.74) is 1.09. The Bertz CT molecular complexity index is 419. The van der Waals surface area contributed by atoms with Crippen molar-refractivity contribution in [2.45, 2.75) is 33.2 Å². The molecule has 1 N–H and O–H groups in total. The summed E-state index contributed by atoms with van der Waals surface area (Å²) in [6, 6.07) is 0. The highest BCUT2D eigenvalue weighted by Gasteiger charge is 2.05. The molecule has 0 aromatic carbocycles. The molecule has 0 radical (unpaired) electrons. The first-order valence-electron chi connectivity index (χ1n) is 5.65. The zero-order valence-electron chi connectivity index (χ0n) is 10.4. The second-order valence-electron chi connectivity index (χ2n) is 3.92. The lowest BCUT2D eigenvalue weighted by atomic mass is 10.2. The molecule has 0 aliphatic heterocycles. The third kappa shape index (κ3) is 4.95.